The summed E-state index contributed by atoms with van der Waals surface area (Å²) in [5, 5.41) is 5.82. The Bertz CT molecular complexity index is 649. The highest BCUT2D eigenvalue weighted by atomic mass is 16.5. The average molecular weight is 345 g/mol. The number of hydrogen-bond acceptors (Lipinski definition) is 4. The van der Waals surface area contributed by atoms with Crippen LogP contribution in [0.5, 0.6) is 0 Å². The van der Waals surface area contributed by atoms with Crippen LogP contribution in [0.1, 0.15) is 32.1 Å². The van der Waals surface area contributed by atoms with Crippen LogP contribution in [0.4, 0.5) is 10.5 Å². The fourth-order valence-electron chi connectivity index (χ4n) is 3.68. The van der Waals surface area contributed by atoms with Crippen molar-refractivity contribution < 1.29 is 19.1 Å². The standard InChI is InChI=1S/C18H23N3O4/c1-25-16(22)11-15-17(23)20-13-9-5-6-10-14(13)21(15)18(24)19-12-7-3-2-4-8-12/h2-4,7-8,13-15H,5-6,9-11H2,1H3,(H,19,24)(H,20,23)/t13-,14-,15+/m0/s1. The lowest BCUT2D eigenvalue weighted by Gasteiger charge is -2.47. The first-order chi connectivity index (χ1) is 12.1. The van der Waals surface area contributed by atoms with E-state index in [1.165, 1.54) is 7.11 Å². The van der Waals surface area contributed by atoms with Crippen LogP contribution >= 0.6 is 0 Å². The molecule has 7 nitrogen and oxygen atoms in total. The zero-order valence-corrected chi connectivity index (χ0v) is 14.2. The van der Waals surface area contributed by atoms with Crippen molar-refractivity contribution >= 4 is 23.6 Å². The van der Waals surface area contributed by atoms with Crippen molar-refractivity contribution in [2.45, 2.75) is 50.2 Å². The molecule has 1 aliphatic heterocycles. The maximum absolute atomic E-state index is 12.9. The summed E-state index contributed by atoms with van der Waals surface area (Å²) in [6.07, 6.45) is 3.53. The van der Waals surface area contributed by atoms with Gasteiger partial charge in [0.15, 0.2) is 0 Å². The van der Waals surface area contributed by atoms with Gasteiger partial charge in [-0.2, -0.15) is 0 Å². The van der Waals surface area contributed by atoms with Crippen LogP contribution in [0.15, 0.2) is 30.3 Å². The van der Waals surface area contributed by atoms with Crippen molar-refractivity contribution in [3.63, 3.8) is 0 Å². The van der Waals surface area contributed by atoms with Gasteiger partial charge < -0.3 is 20.3 Å². The quantitative estimate of drug-likeness (QED) is 0.819. The second-order valence-corrected chi connectivity index (χ2v) is 6.47. The van der Waals surface area contributed by atoms with Crippen LogP contribution < -0.4 is 10.6 Å². The van der Waals surface area contributed by atoms with Gasteiger partial charge in [0, 0.05) is 11.7 Å². The lowest BCUT2D eigenvalue weighted by molar-refractivity contribution is -0.146. The molecule has 1 aromatic carbocycles. The van der Waals surface area contributed by atoms with Gasteiger partial charge in [-0.05, 0) is 25.0 Å². The summed E-state index contributed by atoms with van der Waals surface area (Å²) in [4.78, 5) is 38.8. The largest absolute Gasteiger partial charge is 0.469 e. The fraction of sp³-hybridized carbons (Fsp3) is 0.500. The Hall–Kier alpha value is -2.57. The SMILES string of the molecule is COC(=O)C[C@@H]1C(=O)N[C@H]2CCCC[C@@H]2N1C(=O)Nc1ccccc1. The Labute approximate surface area is 146 Å². The highest BCUT2D eigenvalue weighted by Gasteiger charge is 2.46. The number of nitrogens with zero attached hydrogens (tertiary/aromatic N) is 1. The van der Waals surface area contributed by atoms with E-state index in [1.807, 2.05) is 18.2 Å². The fourth-order valence-corrected chi connectivity index (χ4v) is 3.68. The van der Waals surface area contributed by atoms with Crippen LogP contribution in [0.3, 0.4) is 0 Å². The molecule has 2 aliphatic rings. The maximum atomic E-state index is 12.9. The predicted molar refractivity (Wildman–Crippen MR) is 91.9 cm³/mol. The molecular formula is C18H23N3O4. The van der Waals surface area contributed by atoms with Gasteiger partial charge in [0.25, 0.3) is 0 Å². The van der Waals surface area contributed by atoms with Gasteiger partial charge in [-0.3, -0.25) is 9.59 Å². The number of amides is 3. The Morgan fingerprint density at radius 1 is 1.24 bits per heavy atom. The first-order valence-electron chi connectivity index (χ1n) is 8.61. The third-order valence-electron chi connectivity index (χ3n) is 4.90. The molecule has 1 aromatic rings. The number of benzene rings is 1. The molecular weight excluding hydrogens is 322 g/mol. The number of esters is 1. The number of rotatable bonds is 3. The number of para-hydroxylation sites is 1. The molecule has 0 spiro atoms. The summed E-state index contributed by atoms with van der Waals surface area (Å²) in [6.45, 7) is 0. The Kier molecular flexibility index (Phi) is 5.21. The summed E-state index contributed by atoms with van der Waals surface area (Å²) in [5.74, 6) is -0.802. The van der Waals surface area contributed by atoms with Crippen molar-refractivity contribution in [1.82, 2.24) is 10.2 Å². The van der Waals surface area contributed by atoms with E-state index in [2.05, 4.69) is 10.6 Å². The molecule has 0 unspecified atom stereocenters. The summed E-state index contributed by atoms with van der Waals surface area (Å²) in [7, 11) is 1.28. The lowest BCUT2D eigenvalue weighted by Crippen LogP contribution is -2.68. The minimum atomic E-state index is -0.851. The third-order valence-corrected chi connectivity index (χ3v) is 4.90. The number of urea groups is 1. The highest BCUT2D eigenvalue weighted by Crippen LogP contribution is 2.30. The number of methoxy groups -OCH3 is 1. The number of fused-ring (bicyclic) bond motifs is 1. The summed E-state index contributed by atoms with van der Waals surface area (Å²) in [5.41, 5.74) is 0.655. The van der Waals surface area contributed by atoms with Gasteiger partial charge in [0.2, 0.25) is 5.91 Å². The zero-order valence-electron chi connectivity index (χ0n) is 14.2. The number of nitrogens with one attached hydrogen (secondary N) is 2. The van der Waals surface area contributed by atoms with E-state index in [0.717, 1.165) is 25.7 Å². The molecule has 0 aromatic heterocycles. The van der Waals surface area contributed by atoms with E-state index in [1.54, 1.807) is 17.0 Å². The molecule has 7 heteroatoms. The van der Waals surface area contributed by atoms with Gasteiger partial charge in [0.1, 0.15) is 6.04 Å². The molecule has 3 amide bonds. The number of carbonyl (C=O) groups excluding carboxylic acids is 3. The van der Waals surface area contributed by atoms with Crippen molar-refractivity contribution in [1.29, 1.82) is 0 Å². The number of ether oxygens (including phenoxy) is 1. The van der Waals surface area contributed by atoms with Crippen molar-refractivity contribution in [2.24, 2.45) is 0 Å². The molecule has 1 aliphatic carbocycles. The molecule has 1 saturated heterocycles. The Balaban J connectivity index is 1.85. The van der Waals surface area contributed by atoms with Crippen molar-refractivity contribution in [3.05, 3.63) is 30.3 Å². The van der Waals surface area contributed by atoms with Crippen molar-refractivity contribution in [2.75, 3.05) is 12.4 Å². The van der Waals surface area contributed by atoms with Gasteiger partial charge in [-0.25, -0.2) is 4.79 Å². The number of hydrogen-bond donors (Lipinski definition) is 2. The molecule has 134 valence electrons. The van der Waals surface area contributed by atoms with E-state index >= 15 is 0 Å². The molecule has 1 saturated carbocycles. The van der Waals surface area contributed by atoms with Crippen LogP contribution in [-0.2, 0) is 14.3 Å². The molecule has 3 rings (SSSR count). The third kappa shape index (κ3) is 3.75. The Morgan fingerprint density at radius 2 is 1.96 bits per heavy atom. The normalized spacial score (nSPS) is 25.6. The second kappa shape index (κ2) is 7.55. The molecule has 2 N–H and O–H groups in total. The smallest absolute Gasteiger partial charge is 0.322 e. The first kappa shape index (κ1) is 17.3. The molecule has 3 atom stereocenters. The first-order valence-corrected chi connectivity index (χ1v) is 8.61. The molecule has 0 radical (unpaired) electrons. The summed E-state index contributed by atoms with van der Waals surface area (Å²) >= 11 is 0. The number of carbonyl (C=O) groups is 3. The number of piperazine rings is 1. The minimum absolute atomic E-state index is 0.0586. The van der Waals surface area contributed by atoms with Crippen LogP contribution in [0, 0.1) is 0 Å². The summed E-state index contributed by atoms with van der Waals surface area (Å²) in [6, 6.07) is 7.72. The van der Waals surface area contributed by atoms with E-state index in [0.29, 0.717) is 5.69 Å². The maximum Gasteiger partial charge on any atom is 0.322 e. The highest BCUT2D eigenvalue weighted by molar-refractivity contribution is 5.96. The van der Waals surface area contributed by atoms with Gasteiger partial charge in [0.05, 0.1) is 19.6 Å². The minimum Gasteiger partial charge on any atom is -0.469 e. The van der Waals surface area contributed by atoms with Gasteiger partial charge >= 0.3 is 12.0 Å². The van der Waals surface area contributed by atoms with Crippen LogP contribution in [-0.4, -0.2) is 48.0 Å². The molecule has 0 bridgehead atoms. The monoisotopic (exact) mass is 345 g/mol. The second-order valence-electron chi connectivity index (χ2n) is 6.47. The van der Waals surface area contributed by atoms with Crippen LogP contribution in [0.2, 0.25) is 0 Å². The zero-order chi connectivity index (χ0) is 17.8. The predicted octanol–water partition coefficient (Wildman–Crippen LogP) is 1.89. The van der Waals surface area contributed by atoms with Gasteiger partial charge in [-0.1, -0.05) is 31.0 Å². The summed E-state index contributed by atoms with van der Waals surface area (Å²) < 4.78 is 4.71. The molecule has 25 heavy (non-hydrogen) atoms. The van der Waals surface area contributed by atoms with Crippen molar-refractivity contribution in [3.8, 4) is 0 Å². The molecule has 1 heterocycles. The van der Waals surface area contributed by atoms with E-state index in [-0.39, 0.29) is 30.4 Å². The average Bonchev–Trinajstić information content (AvgIpc) is 2.62. The van der Waals surface area contributed by atoms with E-state index < -0.39 is 12.0 Å². The molecule has 2 fully saturated rings. The van der Waals surface area contributed by atoms with E-state index in [4.69, 9.17) is 4.74 Å². The Morgan fingerprint density at radius 3 is 2.68 bits per heavy atom. The van der Waals surface area contributed by atoms with E-state index in [9.17, 15) is 14.4 Å². The van der Waals surface area contributed by atoms with Crippen LogP contribution in [0.25, 0.3) is 0 Å². The topological polar surface area (TPSA) is 87.7 Å². The lowest BCUT2D eigenvalue weighted by atomic mass is 9.85. The van der Waals surface area contributed by atoms with Gasteiger partial charge in [-0.15, -0.1) is 0 Å². The number of anilines is 1.